The smallest absolute Gasteiger partial charge is 0.407 e. The van der Waals surface area contributed by atoms with E-state index in [9.17, 15) is 29.1 Å². The number of fused-ring (bicyclic) bond motifs is 3. The van der Waals surface area contributed by atoms with Gasteiger partial charge >= 0.3 is 12.1 Å². The molecule has 0 radical (unpaired) electrons. The number of ether oxygens (including phenoxy) is 1. The highest BCUT2D eigenvalue weighted by molar-refractivity contribution is 5.94. The number of rotatable bonds is 15. The number of carboxylic acid groups (broad SMARTS) is 1. The highest BCUT2D eigenvalue weighted by atomic mass is 16.5. The van der Waals surface area contributed by atoms with Crippen LogP contribution >= 0.6 is 0 Å². The van der Waals surface area contributed by atoms with Gasteiger partial charge in [0.25, 0.3) is 0 Å². The van der Waals surface area contributed by atoms with Crippen molar-refractivity contribution in [2.45, 2.75) is 91.4 Å². The first-order chi connectivity index (χ1) is 23.0. The molecule has 0 aromatic heterocycles. The summed E-state index contributed by atoms with van der Waals surface area (Å²) in [7, 11) is 4.49. The van der Waals surface area contributed by atoms with Gasteiger partial charge in [-0.3, -0.25) is 14.4 Å². The maximum Gasteiger partial charge on any atom is 0.407 e. The minimum absolute atomic E-state index is 0.0160. The van der Waals surface area contributed by atoms with E-state index in [1.807, 2.05) is 64.1 Å². The number of benzene rings is 2. The second kappa shape index (κ2) is 16.8. The van der Waals surface area contributed by atoms with Gasteiger partial charge in [0.1, 0.15) is 30.8 Å². The Morgan fingerprint density at radius 3 is 1.55 bits per heavy atom. The Labute approximate surface area is 291 Å². The third-order valence-electron chi connectivity index (χ3n) is 9.29. The summed E-state index contributed by atoms with van der Waals surface area (Å²) in [4.78, 5) is 70.5. The number of nitrogens with one attached hydrogen (secondary N) is 1. The zero-order valence-corrected chi connectivity index (χ0v) is 30.6. The maximum atomic E-state index is 14.1. The van der Waals surface area contributed by atoms with Gasteiger partial charge in [-0.25, -0.2) is 9.59 Å². The molecule has 0 spiro atoms. The van der Waals surface area contributed by atoms with E-state index in [1.54, 1.807) is 20.8 Å². The molecule has 0 aliphatic heterocycles. The van der Waals surface area contributed by atoms with Crippen LogP contribution in [0.3, 0.4) is 0 Å². The molecule has 1 aliphatic carbocycles. The fourth-order valence-corrected chi connectivity index (χ4v) is 6.74. The summed E-state index contributed by atoms with van der Waals surface area (Å²) in [5, 5.41) is 12.5. The van der Waals surface area contributed by atoms with Gasteiger partial charge in [0.05, 0.1) is 0 Å². The van der Waals surface area contributed by atoms with Gasteiger partial charge in [-0.05, 0) is 59.8 Å². The Morgan fingerprint density at radius 1 is 0.694 bits per heavy atom. The standard InChI is InChI=1S/C38H54N4O7/c1-22(2)19-31(35(44)41(9)32(20-23(3)4)36(45)42(10)33(24(5)6)37(46)47)40(8)34(43)25(7)39-38(48)49-21-30-28-17-13-11-15-26(28)27-16-12-14-18-29(27)30/h11-18,22-25,30-33H,19-21H2,1-10H3,(H,39,48)(H,46,47)/t25-,31+,32+,33+/m1/s1. The van der Waals surface area contributed by atoms with Crippen LogP contribution < -0.4 is 5.32 Å². The molecule has 49 heavy (non-hydrogen) atoms. The van der Waals surface area contributed by atoms with Crippen molar-refractivity contribution in [1.82, 2.24) is 20.0 Å². The summed E-state index contributed by atoms with van der Waals surface area (Å²) >= 11 is 0. The molecule has 2 aromatic carbocycles. The van der Waals surface area contributed by atoms with Crippen molar-refractivity contribution >= 4 is 29.8 Å². The van der Waals surface area contributed by atoms with Crippen LogP contribution in [0.15, 0.2) is 48.5 Å². The summed E-state index contributed by atoms with van der Waals surface area (Å²) in [5.41, 5.74) is 4.35. The van der Waals surface area contributed by atoms with Crippen LogP contribution in [0.2, 0.25) is 0 Å². The summed E-state index contributed by atoms with van der Waals surface area (Å²) < 4.78 is 5.64. The first-order valence-corrected chi connectivity index (χ1v) is 17.1. The largest absolute Gasteiger partial charge is 0.480 e. The van der Waals surface area contributed by atoms with Crippen molar-refractivity contribution in [1.29, 1.82) is 0 Å². The van der Waals surface area contributed by atoms with E-state index in [4.69, 9.17) is 4.74 Å². The summed E-state index contributed by atoms with van der Waals surface area (Å²) in [6, 6.07) is 12.1. The first-order valence-electron chi connectivity index (χ1n) is 17.1. The number of hydrogen-bond acceptors (Lipinski definition) is 6. The molecule has 0 saturated carbocycles. The van der Waals surface area contributed by atoms with E-state index < -0.39 is 54.0 Å². The van der Waals surface area contributed by atoms with Crippen molar-refractivity contribution in [3.63, 3.8) is 0 Å². The predicted molar refractivity (Wildman–Crippen MR) is 189 cm³/mol. The lowest BCUT2D eigenvalue weighted by Gasteiger charge is -2.38. The van der Waals surface area contributed by atoms with Crippen molar-refractivity contribution in [2.24, 2.45) is 17.8 Å². The summed E-state index contributed by atoms with van der Waals surface area (Å²) in [6.45, 7) is 12.8. The number of carbonyl (C=O) groups is 5. The van der Waals surface area contributed by atoms with E-state index in [1.165, 1.54) is 35.8 Å². The second-order valence-corrected chi connectivity index (χ2v) is 14.4. The number of nitrogens with zero attached hydrogens (tertiary/aromatic N) is 3. The minimum Gasteiger partial charge on any atom is -0.480 e. The van der Waals surface area contributed by atoms with Crippen LogP contribution in [-0.4, -0.2) is 102 Å². The summed E-state index contributed by atoms with van der Waals surface area (Å²) in [6.07, 6.45) is -0.129. The molecule has 0 fully saturated rings. The van der Waals surface area contributed by atoms with E-state index >= 15 is 0 Å². The van der Waals surface area contributed by atoms with Gasteiger partial charge < -0.3 is 29.9 Å². The molecule has 0 saturated heterocycles. The van der Waals surface area contributed by atoms with Crippen LogP contribution in [0.1, 0.15) is 78.4 Å². The Balaban J connectivity index is 1.73. The average molecular weight is 679 g/mol. The van der Waals surface area contributed by atoms with Gasteiger partial charge in [0, 0.05) is 27.1 Å². The average Bonchev–Trinajstić information content (AvgIpc) is 3.36. The monoisotopic (exact) mass is 678 g/mol. The zero-order chi connectivity index (χ0) is 36.7. The van der Waals surface area contributed by atoms with Gasteiger partial charge in [0.15, 0.2) is 0 Å². The quantitative estimate of drug-likeness (QED) is 0.263. The number of alkyl carbamates (subject to hydrolysis) is 1. The van der Waals surface area contributed by atoms with Gasteiger partial charge in [0.2, 0.25) is 17.7 Å². The van der Waals surface area contributed by atoms with Gasteiger partial charge in [-0.2, -0.15) is 0 Å². The molecule has 4 atom stereocenters. The van der Waals surface area contributed by atoms with E-state index in [0.29, 0.717) is 12.8 Å². The van der Waals surface area contributed by atoms with Crippen LogP contribution in [0.25, 0.3) is 11.1 Å². The lowest BCUT2D eigenvalue weighted by molar-refractivity contribution is -0.156. The molecule has 0 bridgehead atoms. The van der Waals surface area contributed by atoms with Gasteiger partial charge in [-0.15, -0.1) is 0 Å². The zero-order valence-electron chi connectivity index (χ0n) is 30.6. The van der Waals surface area contributed by atoms with Crippen molar-refractivity contribution in [3.05, 3.63) is 59.7 Å². The SMILES string of the molecule is CC(C)C[C@@H](C(=O)N(C)[C@@H](CC(C)C)C(=O)N(C)[C@H](C(=O)O)C(C)C)N(C)C(=O)[C@@H](C)NC(=O)OCC1c2ccccc2-c2ccccc21. The Bertz CT molecular complexity index is 1460. The molecule has 2 aromatic rings. The normalized spacial score (nSPS) is 14.8. The highest BCUT2D eigenvalue weighted by Gasteiger charge is 2.40. The molecular formula is C38H54N4O7. The van der Waals surface area contributed by atoms with Crippen LogP contribution in [0.4, 0.5) is 4.79 Å². The van der Waals surface area contributed by atoms with Crippen LogP contribution in [0, 0.1) is 17.8 Å². The molecular weight excluding hydrogens is 624 g/mol. The second-order valence-electron chi connectivity index (χ2n) is 14.4. The molecule has 0 heterocycles. The first kappa shape index (κ1) is 39.0. The predicted octanol–water partition coefficient (Wildman–Crippen LogP) is 5.23. The minimum atomic E-state index is -1.12. The fourth-order valence-electron chi connectivity index (χ4n) is 6.74. The van der Waals surface area contributed by atoms with Gasteiger partial charge in [-0.1, -0.05) is 90.1 Å². The number of carboxylic acids is 1. The van der Waals surface area contributed by atoms with E-state index in [0.717, 1.165) is 22.3 Å². The molecule has 4 amide bonds. The third-order valence-corrected chi connectivity index (χ3v) is 9.29. The Hall–Kier alpha value is -4.41. The number of hydrogen-bond donors (Lipinski definition) is 2. The lowest BCUT2D eigenvalue weighted by atomic mass is 9.96. The van der Waals surface area contributed by atoms with E-state index in [-0.39, 0.29) is 30.3 Å². The molecule has 268 valence electrons. The number of likely N-dealkylation sites (N-methyl/N-ethyl adjacent to an activating group) is 3. The lowest BCUT2D eigenvalue weighted by Crippen LogP contribution is -2.59. The molecule has 2 N–H and O–H groups in total. The molecule has 11 nitrogen and oxygen atoms in total. The Morgan fingerprint density at radius 2 is 1.12 bits per heavy atom. The van der Waals surface area contributed by atoms with Crippen molar-refractivity contribution in [2.75, 3.05) is 27.7 Å². The number of carbonyl (C=O) groups excluding carboxylic acids is 4. The maximum absolute atomic E-state index is 14.1. The number of aliphatic carboxylic acids is 1. The van der Waals surface area contributed by atoms with E-state index in [2.05, 4.69) is 17.4 Å². The third kappa shape index (κ3) is 9.19. The Kier molecular flexibility index (Phi) is 13.4. The highest BCUT2D eigenvalue weighted by Crippen LogP contribution is 2.44. The van der Waals surface area contributed by atoms with Crippen molar-refractivity contribution < 1.29 is 33.8 Å². The molecule has 0 unspecified atom stereocenters. The van der Waals surface area contributed by atoms with Crippen LogP contribution in [-0.2, 0) is 23.9 Å². The summed E-state index contributed by atoms with van der Waals surface area (Å²) in [5.74, 6) is -2.99. The topological polar surface area (TPSA) is 137 Å². The molecule has 1 aliphatic rings. The fraction of sp³-hybridized carbons (Fsp3) is 0.553. The van der Waals surface area contributed by atoms with Crippen LogP contribution in [0.5, 0.6) is 0 Å². The molecule has 11 heteroatoms. The molecule has 3 rings (SSSR count). The number of amides is 4. The van der Waals surface area contributed by atoms with Crippen molar-refractivity contribution in [3.8, 4) is 11.1 Å².